The Bertz CT molecular complexity index is 1170. The Labute approximate surface area is 203 Å². The second-order valence-electron chi connectivity index (χ2n) is 7.23. The summed E-state index contributed by atoms with van der Waals surface area (Å²) in [5.74, 6) is -0.230. The highest BCUT2D eigenvalue weighted by molar-refractivity contribution is 14.1. The van der Waals surface area contributed by atoms with E-state index in [1.54, 1.807) is 37.3 Å². The summed E-state index contributed by atoms with van der Waals surface area (Å²) in [4.78, 5) is 33.8. The van der Waals surface area contributed by atoms with Gasteiger partial charge in [-0.05, 0) is 53.1 Å². The Balaban J connectivity index is 1.98. The summed E-state index contributed by atoms with van der Waals surface area (Å²) in [5.41, 5.74) is 0.428. The molecule has 0 saturated heterocycles. The molecule has 2 heterocycles. The van der Waals surface area contributed by atoms with Crippen LogP contribution in [0, 0.1) is 28.4 Å². The Hall–Kier alpha value is -2.84. The van der Waals surface area contributed by atoms with Gasteiger partial charge in [0.2, 0.25) is 17.3 Å². The molecule has 10 heteroatoms. The first-order valence-corrected chi connectivity index (χ1v) is 11.2. The van der Waals surface area contributed by atoms with Crippen molar-refractivity contribution < 1.29 is 9.72 Å². The number of halogens is 2. The van der Waals surface area contributed by atoms with E-state index in [1.807, 2.05) is 29.5 Å². The van der Waals surface area contributed by atoms with Crippen molar-refractivity contribution in [2.75, 3.05) is 4.90 Å². The van der Waals surface area contributed by atoms with E-state index in [9.17, 15) is 20.2 Å². The normalized spacial score (nSPS) is 17.3. The molecule has 0 radical (unpaired) electrons. The molecular weight excluding hydrogens is 545 g/mol. The van der Waals surface area contributed by atoms with Crippen molar-refractivity contribution in [3.63, 3.8) is 0 Å². The van der Waals surface area contributed by atoms with E-state index in [4.69, 9.17) is 11.6 Å². The molecule has 1 amide bonds. The minimum absolute atomic E-state index is 0.0238. The molecule has 0 aliphatic carbocycles. The van der Waals surface area contributed by atoms with E-state index >= 15 is 0 Å². The number of benzene rings is 1. The van der Waals surface area contributed by atoms with Crippen LogP contribution in [0.5, 0.6) is 0 Å². The van der Waals surface area contributed by atoms with Crippen LogP contribution in [0.15, 0.2) is 50.1 Å². The number of allylic oxidation sites excluding steroid dienone is 1. The SMILES string of the molecule is CCCC(=O)N(Cc1ccc(C2(C#N)N=CC(Cl)=C2I)cc1)c1nccc(C)c1[N+](=O)[O-]. The Morgan fingerprint density at radius 3 is 2.56 bits per heavy atom. The number of pyridine rings is 1. The summed E-state index contributed by atoms with van der Waals surface area (Å²) in [6.07, 6.45) is 3.76. The van der Waals surface area contributed by atoms with Gasteiger partial charge in [0.05, 0.1) is 20.1 Å². The number of rotatable bonds is 7. The van der Waals surface area contributed by atoms with Crippen LogP contribution in [0.4, 0.5) is 11.5 Å². The number of nitro groups is 1. The second kappa shape index (κ2) is 9.75. The molecule has 8 nitrogen and oxygen atoms in total. The molecule has 2 aromatic rings. The van der Waals surface area contributed by atoms with Crippen LogP contribution in [0.2, 0.25) is 0 Å². The van der Waals surface area contributed by atoms with Gasteiger partial charge in [-0.3, -0.25) is 24.8 Å². The van der Waals surface area contributed by atoms with Crippen LogP contribution in [0.25, 0.3) is 0 Å². The van der Waals surface area contributed by atoms with E-state index < -0.39 is 10.5 Å². The van der Waals surface area contributed by atoms with Crippen LogP contribution in [0.3, 0.4) is 0 Å². The third kappa shape index (κ3) is 4.38. The molecule has 0 spiro atoms. The van der Waals surface area contributed by atoms with Gasteiger partial charge in [0.15, 0.2) is 0 Å². The summed E-state index contributed by atoms with van der Waals surface area (Å²) in [5, 5.41) is 21.9. The van der Waals surface area contributed by atoms with Gasteiger partial charge in [0.25, 0.3) is 0 Å². The van der Waals surface area contributed by atoms with Crippen molar-refractivity contribution in [3.05, 3.63) is 71.9 Å². The highest BCUT2D eigenvalue weighted by Gasteiger charge is 2.39. The number of aromatic nitrogens is 1. The predicted octanol–water partition coefficient (Wildman–Crippen LogP) is 5.32. The average Bonchev–Trinajstić information content (AvgIpc) is 3.07. The van der Waals surface area contributed by atoms with Gasteiger partial charge in [-0.25, -0.2) is 4.98 Å². The first kappa shape index (κ1) is 23.8. The summed E-state index contributed by atoms with van der Waals surface area (Å²) < 4.78 is 0.617. The lowest BCUT2D eigenvalue weighted by molar-refractivity contribution is -0.384. The van der Waals surface area contributed by atoms with Crippen molar-refractivity contribution in [3.8, 4) is 6.07 Å². The summed E-state index contributed by atoms with van der Waals surface area (Å²) in [6.45, 7) is 3.59. The lowest BCUT2D eigenvalue weighted by atomic mass is 9.92. The lowest BCUT2D eigenvalue weighted by Gasteiger charge is -2.23. The van der Waals surface area contributed by atoms with Gasteiger partial charge in [-0.15, -0.1) is 0 Å². The van der Waals surface area contributed by atoms with Gasteiger partial charge in [-0.2, -0.15) is 5.26 Å². The van der Waals surface area contributed by atoms with Crippen LogP contribution in [-0.4, -0.2) is 22.0 Å². The van der Waals surface area contributed by atoms with Gasteiger partial charge in [-0.1, -0.05) is 42.8 Å². The second-order valence-corrected chi connectivity index (χ2v) is 8.71. The third-order valence-corrected chi connectivity index (χ3v) is 7.05. The molecular formula is C22H19ClIN5O3. The Morgan fingerprint density at radius 1 is 1.34 bits per heavy atom. The van der Waals surface area contributed by atoms with Crippen molar-refractivity contribution in [1.82, 2.24) is 4.98 Å². The summed E-state index contributed by atoms with van der Waals surface area (Å²) in [6, 6.07) is 10.8. The van der Waals surface area contributed by atoms with Crippen LogP contribution in [-0.2, 0) is 16.9 Å². The monoisotopic (exact) mass is 563 g/mol. The first-order chi connectivity index (χ1) is 15.2. The fraction of sp³-hybridized carbons (Fsp3) is 0.273. The van der Waals surface area contributed by atoms with Crippen molar-refractivity contribution >= 4 is 57.8 Å². The standard InChI is InChI=1S/C22H19ClIN5O3/c1-3-4-18(30)28(21-19(29(31)32)14(2)9-10-26-21)12-15-5-7-16(8-6-15)22(13-25)20(24)17(23)11-27-22/h5-11H,3-4,12H2,1-2H3. The highest BCUT2D eigenvalue weighted by atomic mass is 127. The Kier molecular flexibility index (Phi) is 7.26. The first-order valence-electron chi connectivity index (χ1n) is 9.77. The molecule has 1 aromatic carbocycles. The quantitative estimate of drug-likeness (QED) is 0.257. The highest BCUT2D eigenvalue weighted by Crippen LogP contribution is 2.43. The maximum atomic E-state index is 12.9. The summed E-state index contributed by atoms with van der Waals surface area (Å²) >= 11 is 8.15. The lowest BCUT2D eigenvalue weighted by Crippen LogP contribution is -2.31. The minimum Gasteiger partial charge on any atom is -0.287 e. The number of aliphatic imine (C=N–C) groups is 1. The number of aryl methyl sites for hydroxylation is 1. The molecule has 1 aliphatic heterocycles. The van der Waals surface area contributed by atoms with E-state index in [-0.39, 0.29) is 30.4 Å². The molecule has 32 heavy (non-hydrogen) atoms. The molecule has 0 bridgehead atoms. The zero-order valence-electron chi connectivity index (χ0n) is 17.4. The van der Waals surface area contributed by atoms with Crippen LogP contribution < -0.4 is 4.90 Å². The number of nitriles is 1. The minimum atomic E-state index is -1.19. The number of anilines is 1. The van der Waals surface area contributed by atoms with Crippen molar-refractivity contribution in [2.24, 2.45) is 4.99 Å². The predicted molar refractivity (Wildman–Crippen MR) is 131 cm³/mol. The number of hydrogen-bond acceptors (Lipinski definition) is 6. The van der Waals surface area contributed by atoms with Crippen LogP contribution in [0.1, 0.15) is 36.5 Å². The molecule has 1 aliphatic rings. The number of carbonyl (C=O) groups excluding carboxylic acids is 1. The van der Waals surface area contributed by atoms with E-state index in [2.05, 4.69) is 16.0 Å². The third-order valence-electron chi connectivity index (χ3n) is 5.08. The zero-order valence-corrected chi connectivity index (χ0v) is 20.3. The van der Waals surface area contributed by atoms with Crippen LogP contribution >= 0.6 is 34.2 Å². The number of nitrogens with zero attached hydrogens (tertiary/aromatic N) is 5. The summed E-state index contributed by atoms with van der Waals surface area (Å²) in [7, 11) is 0. The van der Waals surface area contributed by atoms with Crippen molar-refractivity contribution in [1.29, 1.82) is 5.26 Å². The fourth-order valence-corrected chi connectivity index (χ4v) is 4.30. The fourth-order valence-electron chi connectivity index (χ4n) is 3.41. The van der Waals surface area contributed by atoms with Gasteiger partial charge < -0.3 is 0 Å². The molecule has 0 saturated carbocycles. The van der Waals surface area contributed by atoms with E-state index in [1.165, 1.54) is 17.3 Å². The molecule has 1 atom stereocenters. The molecule has 1 unspecified atom stereocenters. The van der Waals surface area contributed by atoms with Crippen molar-refractivity contribution in [2.45, 2.75) is 38.8 Å². The molecule has 0 fully saturated rings. The maximum Gasteiger partial charge on any atom is 0.314 e. The largest absolute Gasteiger partial charge is 0.314 e. The smallest absolute Gasteiger partial charge is 0.287 e. The topological polar surface area (TPSA) is 112 Å². The number of carbonyl (C=O) groups is 1. The maximum absolute atomic E-state index is 12.9. The molecule has 164 valence electrons. The van der Waals surface area contributed by atoms with E-state index in [0.29, 0.717) is 26.2 Å². The Morgan fingerprint density at radius 2 is 2.03 bits per heavy atom. The molecule has 0 N–H and O–H groups in total. The number of amides is 1. The van der Waals surface area contributed by atoms with E-state index in [0.717, 1.165) is 5.56 Å². The zero-order chi connectivity index (χ0) is 23.5. The average molecular weight is 564 g/mol. The number of hydrogen-bond donors (Lipinski definition) is 0. The van der Waals surface area contributed by atoms with Gasteiger partial charge in [0, 0.05) is 24.4 Å². The molecule has 1 aromatic heterocycles. The van der Waals surface area contributed by atoms with Gasteiger partial charge in [0.1, 0.15) is 6.07 Å². The molecule has 3 rings (SSSR count). The van der Waals surface area contributed by atoms with Gasteiger partial charge >= 0.3 is 5.69 Å².